The van der Waals surface area contributed by atoms with E-state index in [0.717, 1.165) is 17.0 Å². The smallest absolute Gasteiger partial charge is 0.0455 e. The van der Waals surface area contributed by atoms with E-state index < -0.39 is 0 Å². The van der Waals surface area contributed by atoms with E-state index in [0.29, 0.717) is 6.90 Å². The number of rotatable bonds is 1. The van der Waals surface area contributed by atoms with Crippen LogP contribution in [-0.2, 0) is 0 Å². The third kappa shape index (κ3) is 1.62. The first-order chi connectivity index (χ1) is 7.31. The molecule has 0 atom stereocenters. The molecule has 0 N–H and O–H groups in total. The monoisotopic (exact) mass is 184 g/mol. The Hall–Kier alpha value is -1.76. The van der Waals surface area contributed by atoms with Gasteiger partial charge in [0.2, 0.25) is 0 Å². The van der Waals surface area contributed by atoms with E-state index in [1.54, 1.807) is 0 Å². The number of benzene rings is 1. The second-order valence-electron chi connectivity index (χ2n) is 3.23. The SMILES string of the molecule is [2H]CC1=CN(c2ccccc2)C(=C)C=C1. The van der Waals surface area contributed by atoms with Gasteiger partial charge in [-0.05, 0) is 30.7 Å². The molecule has 1 aromatic carbocycles. The molecule has 14 heavy (non-hydrogen) atoms. The molecule has 0 aliphatic carbocycles. The summed E-state index contributed by atoms with van der Waals surface area (Å²) in [6.45, 7) is 4.27. The van der Waals surface area contributed by atoms with Gasteiger partial charge in [-0.3, -0.25) is 0 Å². The van der Waals surface area contributed by atoms with Crippen molar-refractivity contribution in [3.63, 3.8) is 0 Å². The Balaban J connectivity index is 2.33. The van der Waals surface area contributed by atoms with Gasteiger partial charge < -0.3 is 4.90 Å². The second-order valence-corrected chi connectivity index (χ2v) is 3.23. The number of para-hydroxylation sites is 1. The zero-order chi connectivity index (χ0) is 10.7. The fourth-order valence-electron chi connectivity index (χ4n) is 1.40. The molecule has 0 unspecified atom stereocenters. The van der Waals surface area contributed by atoms with Gasteiger partial charge >= 0.3 is 0 Å². The minimum Gasteiger partial charge on any atom is -0.318 e. The van der Waals surface area contributed by atoms with Crippen molar-refractivity contribution in [1.82, 2.24) is 0 Å². The van der Waals surface area contributed by atoms with Gasteiger partial charge in [0.05, 0.1) is 0 Å². The Morgan fingerprint density at radius 1 is 1.21 bits per heavy atom. The highest BCUT2D eigenvalue weighted by molar-refractivity contribution is 5.60. The Labute approximate surface area is 86.1 Å². The molecule has 0 bridgehead atoms. The summed E-state index contributed by atoms with van der Waals surface area (Å²) in [4.78, 5) is 2.00. The Morgan fingerprint density at radius 2 is 2.00 bits per heavy atom. The van der Waals surface area contributed by atoms with E-state index in [-0.39, 0.29) is 0 Å². The molecule has 1 aliphatic heterocycles. The van der Waals surface area contributed by atoms with E-state index in [1.807, 2.05) is 53.6 Å². The normalized spacial score (nSPS) is 16.6. The predicted molar refractivity (Wildman–Crippen MR) is 61.0 cm³/mol. The largest absolute Gasteiger partial charge is 0.318 e. The van der Waals surface area contributed by atoms with Crippen LogP contribution in [0.4, 0.5) is 5.69 Å². The highest BCUT2D eigenvalue weighted by Crippen LogP contribution is 2.23. The topological polar surface area (TPSA) is 3.24 Å². The number of allylic oxidation sites excluding steroid dienone is 3. The minimum atomic E-state index is 0.299. The van der Waals surface area contributed by atoms with Crippen LogP contribution in [0.5, 0.6) is 0 Å². The first kappa shape index (κ1) is 7.63. The van der Waals surface area contributed by atoms with Gasteiger partial charge in [-0.15, -0.1) is 0 Å². The third-order valence-corrected chi connectivity index (χ3v) is 2.13. The van der Waals surface area contributed by atoms with Crippen molar-refractivity contribution in [3.8, 4) is 0 Å². The maximum absolute atomic E-state index is 7.34. The van der Waals surface area contributed by atoms with Crippen LogP contribution in [0, 0.1) is 0 Å². The molecule has 1 aliphatic rings. The van der Waals surface area contributed by atoms with E-state index in [4.69, 9.17) is 1.37 Å². The van der Waals surface area contributed by atoms with Gasteiger partial charge in [0, 0.05) is 19.0 Å². The van der Waals surface area contributed by atoms with Crippen LogP contribution in [0.1, 0.15) is 8.27 Å². The zero-order valence-corrected chi connectivity index (χ0v) is 7.98. The summed E-state index contributed by atoms with van der Waals surface area (Å²) in [6, 6.07) is 10.0. The number of hydrogen-bond acceptors (Lipinski definition) is 1. The molecule has 0 amide bonds. The van der Waals surface area contributed by atoms with Crippen LogP contribution >= 0.6 is 0 Å². The highest BCUT2D eigenvalue weighted by atomic mass is 15.1. The molecule has 0 saturated carbocycles. The third-order valence-electron chi connectivity index (χ3n) is 2.13. The van der Waals surface area contributed by atoms with Crippen LogP contribution in [0.3, 0.4) is 0 Å². The van der Waals surface area contributed by atoms with Crippen molar-refractivity contribution < 1.29 is 1.37 Å². The average Bonchev–Trinajstić information content (AvgIpc) is 2.31. The fourth-order valence-corrected chi connectivity index (χ4v) is 1.40. The van der Waals surface area contributed by atoms with E-state index in [9.17, 15) is 0 Å². The van der Waals surface area contributed by atoms with Crippen LogP contribution < -0.4 is 4.90 Å². The summed E-state index contributed by atoms with van der Waals surface area (Å²) in [5.74, 6) is 0. The summed E-state index contributed by atoms with van der Waals surface area (Å²) in [5, 5.41) is 0. The molecular formula is C13H13N. The molecule has 1 heteroatoms. The summed E-state index contributed by atoms with van der Waals surface area (Å²) >= 11 is 0. The quantitative estimate of drug-likeness (QED) is 0.646. The second kappa shape index (κ2) is 3.54. The minimum absolute atomic E-state index is 0.299. The maximum Gasteiger partial charge on any atom is 0.0455 e. The van der Waals surface area contributed by atoms with Crippen molar-refractivity contribution >= 4 is 5.69 Å². The molecular weight excluding hydrogens is 170 g/mol. The summed E-state index contributed by atoms with van der Waals surface area (Å²) in [5.41, 5.74) is 3.00. The van der Waals surface area contributed by atoms with Gasteiger partial charge in [-0.2, -0.15) is 0 Å². The van der Waals surface area contributed by atoms with Gasteiger partial charge in [-0.1, -0.05) is 30.9 Å². The van der Waals surface area contributed by atoms with Crippen LogP contribution in [0.25, 0.3) is 0 Å². The molecule has 1 aromatic rings. The molecule has 0 radical (unpaired) electrons. The number of anilines is 1. The van der Waals surface area contributed by atoms with E-state index >= 15 is 0 Å². The highest BCUT2D eigenvalue weighted by Gasteiger charge is 2.07. The molecule has 0 spiro atoms. The number of hydrogen-bond donors (Lipinski definition) is 0. The van der Waals surface area contributed by atoms with Crippen LogP contribution in [0.15, 0.2) is 66.5 Å². The van der Waals surface area contributed by atoms with Crippen LogP contribution in [0.2, 0.25) is 0 Å². The lowest BCUT2D eigenvalue weighted by Gasteiger charge is -2.24. The van der Waals surface area contributed by atoms with Gasteiger partial charge in [0.1, 0.15) is 0 Å². The van der Waals surface area contributed by atoms with Crippen molar-refractivity contribution in [3.05, 3.63) is 66.5 Å². The van der Waals surface area contributed by atoms with Crippen molar-refractivity contribution in [2.45, 2.75) is 6.90 Å². The summed E-state index contributed by atoms with van der Waals surface area (Å²) < 4.78 is 7.34. The molecule has 2 rings (SSSR count). The fraction of sp³-hybridized carbons (Fsp3) is 0.0769. The number of nitrogens with zero attached hydrogens (tertiary/aromatic N) is 1. The van der Waals surface area contributed by atoms with Crippen molar-refractivity contribution in [2.24, 2.45) is 0 Å². The average molecular weight is 184 g/mol. The van der Waals surface area contributed by atoms with Crippen LogP contribution in [-0.4, -0.2) is 0 Å². The van der Waals surface area contributed by atoms with E-state index in [2.05, 4.69) is 6.58 Å². The Bertz CT molecular complexity index is 417. The van der Waals surface area contributed by atoms with E-state index in [1.165, 1.54) is 0 Å². The lowest BCUT2D eigenvalue weighted by Crippen LogP contribution is -2.15. The zero-order valence-electron chi connectivity index (χ0n) is 8.98. The van der Waals surface area contributed by atoms with Crippen molar-refractivity contribution in [2.75, 3.05) is 4.90 Å². The first-order valence-electron chi connectivity index (χ1n) is 5.23. The Kier molecular flexibility index (Phi) is 1.93. The Morgan fingerprint density at radius 3 is 2.71 bits per heavy atom. The molecule has 1 heterocycles. The lowest BCUT2D eigenvalue weighted by molar-refractivity contribution is 1.17. The summed E-state index contributed by atoms with van der Waals surface area (Å²) in [7, 11) is 0. The molecule has 0 fully saturated rings. The molecule has 70 valence electrons. The van der Waals surface area contributed by atoms with Gasteiger partial charge in [0.15, 0.2) is 0 Å². The van der Waals surface area contributed by atoms with Gasteiger partial charge in [-0.25, -0.2) is 0 Å². The first-order valence-corrected chi connectivity index (χ1v) is 4.52. The van der Waals surface area contributed by atoms with Gasteiger partial charge in [0.25, 0.3) is 0 Å². The maximum atomic E-state index is 7.34. The predicted octanol–water partition coefficient (Wildman–Crippen LogP) is 3.48. The lowest BCUT2D eigenvalue weighted by atomic mass is 10.2. The molecule has 1 nitrogen and oxygen atoms in total. The molecule has 0 saturated heterocycles. The summed E-state index contributed by atoms with van der Waals surface area (Å²) in [6.07, 6.45) is 5.84. The molecule has 0 aromatic heterocycles. The van der Waals surface area contributed by atoms with Crippen molar-refractivity contribution in [1.29, 1.82) is 0 Å². The standard InChI is InChI=1S/C13H13N/c1-11-8-9-12(2)14(10-11)13-6-4-3-5-7-13/h3-10H,2H2,1H3/i1D.